The van der Waals surface area contributed by atoms with Gasteiger partial charge in [0.25, 0.3) is 0 Å². The topological polar surface area (TPSA) is 53.5 Å². The Morgan fingerprint density at radius 1 is 1.24 bits per heavy atom. The Hall–Kier alpha value is -2.69. The quantitative estimate of drug-likeness (QED) is 0.866. The summed E-state index contributed by atoms with van der Waals surface area (Å²) in [6.07, 6.45) is 4.66. The molecule has 1 saturated heterocycles. The molecule has 2 aliphatic heterocycles. The summed E-state index contributed by atoms with van der Waals surface area (Å²) < 4.78 is 0. The van der Waals surface area contributed by atoms with E-state index in [-0.39, 0.29) is 23.8 Å². The third-order valence-corrected chi connectivity index (χ3v) is 5.31. The van der Waals surface area contributed by atoms with Crippen LogP contribution in [0.3, 0.4) is 0 Å². The monoisotopic (exact) mass is 335 g/mol. The van der Waals surface area contributed by atoms with E-state index in [2.05, 4.69) is 4.98 Å². The number of pyridine rings is 1. The average molecular weight is 335 g/mol. The molecule has 1 aromatic carbocycles. The molecule has 0 saturated carbocycles. The van der Waals surface area contributed by atoms with E-state index < -0.39 is 0 Å². The minimum Gasteiger partial charge on any atom is -0.335 e. The van der Waals surface area contributed by atoms with Gasteiger partial charge >= 0.3 is 0 Å². The minimum atomic E-state index is -0.273. The van der Waals surface area contributed by atoms with Gasteiger partial charge in [-0.2, -0.15) is 0 Å². The van der Waals surface area contributed by atoms with Gasteiger partial charge in [-0.3, -0.25) is 14.6 Å². The second-order valence-electron chi connectivity index (χ2n) is 6.78. The van der Waals surface area contributed by atoms with Crippen molar-refractivity contribution in [2.24, 2.45) is 5.92 Å². The van der Waals surface area contributed by atoms with Crippen molar-refractivity contribution >= 4 is 17.5 Å². The summed E-state index contributed by atoms with van der Waals surface area (Å²) in [6, 6.07) is 11.9. The molecule has 3 heterocycles. The number of hydrogen-bond acceptors (Lipinski definition) is 3. The number of carbonyl (C=O) groups is 2. The molecular formula is C20H21N3O2. The number of anilines is 1. The SMILES string of the molecule is C[C@@H](c1ccccc1)N1C[C@@H](C(=O)N2CCc3ccncc32)CC1=O. The van der Waals surface area contributed by atoms with Gasteiger partial charge in [0.05, 0.1) is 23.8 Å². The van der Waals surface area contributed by atoms with E-state index in [0.717, 1.165) is 23.2 Å². The molecule has 1 fully saturated rings. The van der Waals surface area contributed by atoms with E-state index in [0.29, 0.717) is 19.5 Å². The first-order valence-electron chi connectivity index (χ1n) is 8.74. The highest BCUT2D eigenvalue weighted by atomic mass is 16.2. The fourth-order valence-electron chi connectivity index (χ4n) is 3.85. The third kappa shape index (κ3) is 2.80. The van der Waals surface area contributed by atoms with E-state index in [4.69, 9.17) is 0 Å². The molecule has 5 nitrogen and oxygen atoms in total. The lowest BCUT2D eigenvalue weighted by Gasteiger charge is -2.26. The van der Waals surface area contributed by atoms with Crippen LogP contribution in [-0.2, 0) is 16.0 Å². The van der Waals surface area contributed by atoms with E-state index in [9.17, 15) is 9.59 Å². The molecule has 5 heteroatoms. The first kappa shape index (κ1) is 15.8. The van der Waals surface area contributed by atoms with Gasteiger partial charge in [0.15, 0.2) is 0 Å². The Balaban J connectivity index is 1.50. The molecule has 0 aliphatic carbocycles. The molecule has 0 spiro atoms. The van der Waals surface area contributed by atoms with Crippen LogP contribution >= 0.6 is 0 Å². The Morgan fingerprint density at radius 2 is 2.04 bits per heavy atom. The largest absolute Gasteiger partial charge is 0.335 e. The van der Waals surface area contributed by atoms with E-state index in [1.165, 1.54) is 0 Å². The highest BCUT2D eigenvalue weighted by molar-refractivity contribution is 6.00. The zero-order valence-electron chi connectivity index (χ0n) is 14.3. The van der Waals surface area contributed by atoms with Crippen molar-refractivity contribution in [3.05, 3.63) is 59.9 Å². The predicted molar refractivity (Wildman–Crippen MR) is 95.0 cm³/mol. The van der Waals surface area contributed by atoms with Crippen molar-refractivity contribution in [3.63, 3.8) is 0 Å². The lowest BCUT2D eigenvalue weighted by Crippen LogP contribution is -2.36. The molecule has 2 atom stereocenters. The molecule has 2 aromatic rings. The van der Waals surface area contributed by atoms with Gasteiger partial charge in [-0.1, -0.05) is 30.3 Å². The predicted octanol–water partition coefficient (Wildman–Crippen LogP) is 2.58. The van der Waals surface area contributed by atoms with Gasteiger partial charge in [0.2, 0.25) is 11.8 Å². The number of hydrogen-bond donors (Lipinski definition) is 0. The van der Waals surface area contributed by atoms with Crippen LogP contribution in [-0.4, -0.2) is 34.8 Å². The normalized spacial score (nSPS) is 20.7. The van der Waals surface area contributed by atoms with Gasteiger partial charge in [-0.25, -0.2) is 0 Å². The Morgan fingerprint density at radius 3 is 2.84 bits per heavy atom. The van der Waals surface area contributed by atoms with Crippen LogP contribution in [0.1, 0.15) is 30.5 Å². The number of benzene rings is 1. The first-order chi connectivity index (χ1) is 12.1. The van der Waals surface area contributed by atoms with Crippen molar-refractivity contribution < 1.29 is 9.59 Å². The van der Waals surface area contributed by atoms with Crippen LogP contribution in [0.2, 0.25) is 0 Å². The molecule has 25 heavy (non-hydrogen) atoms. The number of amides is 2. The molecule has 0 unspecified atom stereocenters. The second kappa shape index (κ2) is 6.31. The number of aromatic nitrogens is 1. The summed E-state index contributed by atoms with van der Waals surface area (Å²) in [5.74, 6) is -0.173. The third-order valence-electron chi connectivity index (χ3n) is 5.31. The molecule has 0 N–H and O–H groups in total. The lowest BCUT2D eigenvalue weighted by atomic mass is 10.1. The highest BCUT2D eigenvalue weighted by Crippen LogP contribution is 2.33. The maximum Gasteiger partial charge on any atom is 0.232 e. The Kier molecular flexibility index (Phi) is 3.99. The van der Waals surface area contributed by atoms with Crippen molar-refractivity contribution in [2.75, 3.05) is 18.0 Å². The van der Waals surface area contributed by atoms with Gasteiger partial charge < -0.3 is 9.80 Å². The smallest absolute Gasteiger partial charge is 0.232 e. The average Bonchev–Trinajstić information content (AvgIpc) is 3.25. The fourth-order valence-corrected chi connectivity index (χ4v) is 3.85. The molecule has 0 radical (unpaired) electrons. The molecular weight excluding hydrogens is 314 g/mol. The molecule has 1 aromatic heterocycles. The van der Waals surface area contributed by atoms with E-state index in [1.54, 1.807) is 17.3 Å². The summed E-state index contributed by atoms with van der Waals surface area (Å²) >= 11 is 0. The minimum absolute atomic E-state index is 0.0148. The van der Waals surface area contributed by atoms with Crippen molar-refractivity contribution in [3.8, 4) is 0 Å². The van der Waals surface area contributed by atoms with E-state index >= 15 is 0 Å². The van der Waals surface area contributed by atoms with Crippen LogP contribution in [0.25, 0.3) is 0 Å². The van der Waals surface area contributed by atoms with Gasteiger partial charge in [0, 0.05) is 25.7 Å². The summed E-state index contributed by atoms with van der Waals surface area (Å²) in [5, 5.41) is 0. The maximum atomic E-state index is 13.0. The molecule has 0 bridgehead atoms. The molecule has 2 amide bonds. The fraction of sp³-hybridized carbons (Fsp3) is 0.350. The maximum absolute atomic E-state index is 13.0. The summed E-state index contributed by atoms with van der Waals surface area (Å²) in [6.45, 7) is 3.19. The first-order valence-corrected chi connectivity index (χ1v) is 8.74. The van der Waals surface area contributed by atoms with Gasteiger partial charge in [0.1, 0.15) is 0 Å². The summed E-state index contributed by atoms with van der Waals surface area (Å²) in [5.41, 5.74) is 3.15. The van der Waals surface area contributed by atoms with Crippen molar-refractivity contribution in [2.45, 2.75) is 25.8 Å². The van der Waals surface area contributed by atoms with Crippen LogP contribution in [0, 0.1) is 5.92 Å². The standard InChI is InChI=1S/C20H21N3O2/c1-14(15-5-3-2-4-6-15)23-13-17(11-19(23)24)20(25)22-10-8-16-7-9-21-12-18(16)22/h2-7,9,12,14,17H,8,10-11,13H2,1H3/t14-,17-/m0/s1. The molecule has 2 aliphatic rings. The van der Waals surface area contributed by atoms with Crippen LogP contribution < -0.4 is 4.90 Å². The zero-order valence-corrected chi connectivity index (χ0v) is 14.3. The van der Waals surface area contributed by atoms with Crippen molar-refractivity contribution in [1.29, 1.82) is 0 Å². The zero-order chi connectivity index (χ0) is 17.4. The number of likely N-dealkylation sites (tertiary alicyclic amines) is 1. The highest BCUT2D eigenvalue weighted by Gasteiger charge is 2.40. The summed E-state index contributed by atoms with van der Waals surface area (Å²) in [4.78, 5) is 33.3. The van der Waals surface area contributed by atoms with Crippen LogP contribution in [0.15, 0.2) is 48.8 Å². The Labute approximate surface area is 147 Å². The number of nitrogens with zero attached hydrogens (tertiary/aromatic N) is 3. The van der Waals surface area contributed by atoms with Crippen LogP contribution in [0.4, 0.5) is 5.69 Å². The van der Waals surface area contributed by atoms with Gasteiger partial charge in [-0.15, -0.1) is 0 Å². The lowest BCUT2D eigenvalue weighted by molar-refractivity contribution is -0.130. The summed E-state index contributed by atoms with van der Waals surface area (Å²) in [7, 11) is 0. The second-order valence-corrected chi connectivity index (χ2v) is 6.78. The van der Waals surface area contributed by atoms with Crippen molar-refractivity contribution in [1.82, 2.24) is 9.88 Å². The molecule has 128 valence electrons. The number of fused-ring (bicyclic) bond motifs is 1. The Bertz CT molecular complexity index is 806. The number of rotatable bonds is 3. The molecule has 4 rings (SSSR count). The number of carbonyl (C=O) groups excluding carboxylic acids is 2. The van der Waals surface area contributed by atoms with Gasteiger partial charge in [-0.05, 0) is 30.5 Å². The van der Waals surface area contributed by atoms with E-state index in [1.807, 2.05) is 48.2 Å². The van der Waals surface area contributed by atoms with Crippen LogP contribution in [0.5, 0.6) is 0 Å².